The third kappa shape index (κ3) is 5.61. The number of aryl methyl sites for hydroxylation is 1. The molecular weight excluding hydrogens is 336 g/mol. The summed E-state index contributed by atoms with van der Waals surface area (Å²) >= 11 is 0. The average molecular weight is 360 g/mol. The van der Waals surface area contributed by atoms with E-state index in [1.165, 1.54) is 0 Å². The van der Waals surface area contributed by atoms with Crippen molar-refractivity contribution in [2.45, 2.75) is 45.3 Å². The maximum absolute atomic E-state index is 11.8. The van der Waals surface area contributed by atoms with E-state index in [2.05, 4.69) is 10.3 Å². The first-order chi connectivity index (χ1) is 12.2. The van der Waals surface area contributed by atoms with Gasteiger partial charge in [0.05, 0.1) is 12.6 Å². The van der Waals surface area contributed by atoms with Gasteiger partial charge in [0, 0.05) is 11.5 Å². The van der Waals surface area contributed by atoms with Crippen LogP contribution in [0, 0.1) is 0 Å². The number of carboxylic acid groups (broad SMARTS) is 1. The number of hydrogen-bond donors (Lipinski definition) is 2. The minimum atomic E-state index is -1.09. The van der Waals surface area contributed by atoms with Gasteiger partial charge in [-0.2, -0.15) is 0 Å². The highest BCUT2D eigenvalue weighted by Crippen LogP contribution is 2.19. The number of nitrogens with zero attached hydrogens (tertiary/aromatic N) is 1. The molecule has 0 fully saturated rings. The highest BCUT2D eigenvalue weighted by molar-refractivity contribution is 5.81. The molecule has 0 aliphatic heterocycles. The van der Waals surface area contributed by atoms with Crippen molar-refractivity contribution in [1.29, 1.82) is 0 Å². The molecule has 1 amide bonds. The second kappa shape index (κ2) is 8.03. The fourth-order valence-electron chi connectivity index (χ4n) is 2.44. The van der Waals surface area contributed by atoms with Gasteiger partial charge in [0.1, 0.15) is 11.6 Å². The molecule has 0 saturated heterocycles. The predicted octanol–water partition coefficient (Wildman–Crippen LogP) is 3.15. The van der Waals surface area contributed by atoms with Crippen molar-refractivity contribution in [1.82, 2.24) is 10.3 Å². The van der Waals surface area contributed by atoms with Gasteiger partial charge in [0.25, 0.3) is 0 Å². The van der Waals surface area contributed by atoms with Crippen LogP contribution in [-0.4, -0.2) is 40.9 Å². The number of pyridine rings is 1. The summed E-state index contributed by atoms with van der Waals surface area (Å²) in [5.74, 6) is -0.555. The number of hydrogen-bond acceptors (Lipinski definition) is 5. The van der Waals surface area contributed by atoms with E-state index in [0.717, 1.165) is 16.5 Å². The summed E-state index contributed by atoms with van der Waals surface area (Å²) in [5.41, 5.74) is 1.08. The Bertz CT molecular complexity index is 798. The lowest BCUT2D eigenvalue weighted by Gasteiger charge is -2.22. The Morgan fingerprint density at radius 3 is 2.58 bits per heavy atom. The van der Waals surface area contributed by atoms with Crippen molar-refractivity contribution in [2.24, 2.45) is 0 Å². The average Bonchev–Trinajstić information content (AvgIpc) is 2.56. The van der Waals surface area contributed by atoms with Crippen molar-refractivity contribution >= 4 is 23.0 Å². The SMILES string of the molecule is COc1ccc2cc(CCC(NC(=O)OC(C)(C)C)C(=O)O)ccc2n1. The molecule has 2 aromatic rings. The van der Waals surface area contributed by atoms with E-state index in [9.17, 15) is 14.7 Å². The minimum Gasteiger partial charge on any atom is -0.481 e. The van der Waals surface area contributed by atoms with Crippen LogP contribution in [0.4, 0.5) is 4.79 Å². The first kappa shape index (κ1) is 19.5. The van der Waals surface area contributed by atoms with Crippen LogP contribution >= 0.6 is 0 Å². The fourth-order valence-corrected chi connectivity index (χ4v) is 2.44. The molecule has 140 valence electrons. The number of amides is 1. The first-order valence-corrected chi connectivity index (χ1v) is 8.34. The highest BCUT2D eigenvalue weighted by atomic mass is 16.6. The van der Waals surface area contributed by atoms with Crippen LogP contribution in [0.3, 0.4) is 0 Å². The third-order valence-corrected chi connectivity index (χ3v) is 3.65. The largest absolute Gasteiger partial charge is 0.481 e. The zero-order valence-electron chi connectivity index (χ0n) is 15.4. The first-order valence-electron chi connectivity index (χ1n) is 8.34. The van der Waals surface area contributed by atoms with Crippen molar-refractivity contribution in [3.05, 3.63) is 35.9 Å². The molecule has 0 bridgehead atoms. The minimum absolute atomic E-state index is 0.254. The molecule has 0 saturated carbocycles. The van der Waals surface area contributed by atoms with E-state index in [4.69, 9.17) is 9.47 Å². The van der Waals surface area contributed by atoms with Crippen LogP contribution in [0.1, 0.15) is 32.8 Å². The molecule has 7 heteroatoms. The molecular formula is C19H24N2O5. The van der Waals surface area contributed by atoms with Gasteiger partial charge < -0.3 is 19.9 Å². The van der Waals surface area contributed by atoms with Gasteiger partial charge in [0.2, 0.25) is 5.88 Å². The van der Waals surface area contributed by atoms with Gasteiger partial charge in [-0.3, -0.25) is 0 Å². The lowest BCUT2D eigenvalue weighted by molar-refractivity contribution is -0.139. The molecule has 0 spiro atoms. The zero-order valence-corrected chi connectivity index (χ0v) is 15.4. The fraction of sp³-hybridized carbons (Fsp3) is 0.421. The van der Waals surface area contributed by atoms with E-state index in [-0.39, 0.29) is 6.42 Å². The smallest absolute Gasteiger partial charge is 0.408 e. The Labute approximate surface area is 152 Å². The normalized spacial score (nSPS) is 12.5. The van der Waals surface area contributed by atoms with Gasteiger partial charge >= 0.3 is 12.1 Å². The maximum Gasteiger partial charge on any atom is 0.408 e. The summed E-state index contributed by atoms with van der Waals surface area (Å²) in [4.78, 5) is 27.6. The number of rotatable bonds is 6. The lowest BCUT2D eigenvalue weighted by atomic mass is 10.0. The Morgan fingerprint density at radius 1 is 1.23 bits per heavy atom. The Balaban J connectivity index is 2.03. The number of methoxy groups -OCH3 is 1. The number of carboxylic acids is 1. The Kier molecular flexibility index (Phi) is 6.02. The molecule has 2 N–H and O–H groups in total. The third-order valence-electron chi connectivity index (χ3n) is 3.65. The molecule has 1 aromatic heterocycles. The van der Waals surface area contributed by atoms with Crippen molar-refractivity contribution < 1.29 is 24.2 Å². The molecule has 1 heterocycles. The molecule has 7 nitrogen and oxygen atoms in total. The van der Waals surface area contributed by atoms with Crippen molar-refractivity contribution in [3.8, 4) is 5.88 Å². The van der Waals surface area contributed by atoms with E-state index in [1.807, 2.05) is 24.3 Å². The number of benzene rings is 1. The summed E-state index contributed by atoms with van der Waals surface area (Å²) in [6.45, 7) is 5.17. The van der Waals surface area contributed by atoms with Crippen molar-refractivity contribution in [2.75, 3.05) is 7.11 Å². The van der Waals surface area contributed by atoms with Gasteiger partial charge in [-0.05, 0) is 57.4 Å². The molecule has 0 aliphatic carbocycles. The molecule has 1 unspecified atom stereocenters. The number of fused-ring (bicyclic) bond motifs is 1. The zero-order chi connectivity index (χ0) is 19.3. The topological polar surface area (TPSA) is 97.8 Å². The van der Waals surface area contributed by atoms with Crippen LogP contribution in [0.15, 0.2) is 30.3 Å². The second-order valence-corrected chi connectivity index (χ2v) is 6.96. The molecule has 0 aliphatic rings. The van der Waals surface area contributed by atoms with Gasteiger partial charge in [-0.15, -0.1) is 0 Å². The maximum atomic E-state index is 11.8. The molecule has 2 rings (SSSR count). The van der Waals surface area contributed by atoms with Crippen molar-refractivity contribution in [3.63, 3.8) is 0 Å². The number of aliphatic carboxylic acids is 1. The number of carbonyl (C=O) groups excluding carboxylic acids is 1. The number of alkyl carbamates (subject to hydrolysis) is 1. The lowest BCUT2D eigenvalue weighted by Crippen LogP contribution is -2.43. The summed E-state index contributed by atoms with van der Waals surface area (Å²) in [6, 6.07) is 8.36. The van der Waals surface area contributed by atoms with Crippen LogP contribution in [0.25, 0.3) is 10.9 Å². The summed E-state index contributed by atoms with van der Waals surface area (Å²) < 4.78 is 10.2. The Morgan fingerprint density at radius 2 is 1.96 bits per heavy atom. The predicted molar refractivity (Wildman–Crippen MR) is 97.4 cm³/mol. The summed E-state index contributed by atoms with van der Waals surface area (Å²) in [5, 5.41) is 12.7. The van der Waals surface area contributed by atoms with E-state index >= 15 is 0 Å². The van der Waals surface area contributed by atoms with E-state index in [0.29, 0.717) is 12.3 Å². The second-order valence-electron chi connectivity index (χ2n) is 6.96. The Hall–Kier alpha value is -2.83. The van der Waals surface area contributed by atoms with Crippen LogP contribution in [0.2, 0.25) is 0 Å². The number of aromatic nitrogens is 1. The monoisotopic (exact) mass is 360 g/mol. The standard InChI is InChI=1S/C19H24N2O5/c1-19(2,3)26-18(24)21-15(17(22)23)9-6-12-5-8-14-13(11-12)7-10-16(20-14)25-4/h5,7-8,10-11,15H,6,9H2,1-4H3,(H,21,24)(H,22,23). The highest BCUT2D eigenvalue weighted by Gasteiger charge is 2.23. The quantitative estimate of drug-likeness (QED) is 0.821. The molecule has 0 radical (unpaired) electrons. The van der Waals surface area contributed by atoms with Gasteiger partial charge in [-0.25, -0.2) is 14.6 Å². The molecule has 1 atom stereocenters. The summed E-state index contributed by atoms with van der Waals surface area (Å²) in [7, 11) is 1.56. The number of carbonyl (C=O) groups is 2. The van der Waals surface area contributed by atoms with E-state index in [1.54, 1.807) is 33.9 Å². The summed E-state index contributed by atoms with van der Waals surface area (Å²) in [6.07, 6.45) is 0.0120. The molecule has 26 heavy (non-hydrogen) atoms. The van der Waals surface area contributed by atoms with E-state index < -0.39 is 23.7 Å². The molecule has 1 aromatic carbocycles. The van der Waals surface area contributed by atoms with Crippen LogP contribution in [0.5, 0.6) is 5.88 Å². The van der Waals surface area contributed by atoms with Crippen LogP contribution in [-0.2, 0) is 16.0 Å². The van der Waals surface area contributed by atoms with Gasteiger partial charge in [0.15, 0.2) is 0 Å². The number of ether oxygens (including phenoxy) is 2. The van der Waals surface area contributed by atoms with Gasteiger partial charge in [-0.1, -0.05) is 6.07 Å². The van der Waals surface area contributed by atoms with Crippen LogP contribution < -0.4 is 10.1 Å². The number of nitrogens with one attached hydrogen (secondary N) is 1.